The van der Waals surface area contributed by atoms with Crippen molar-refractivity contribution in [2.24, 2.45) is 7.05 Å². The zero-order valence-corrected chi connectivity index (χ0v) is 18.7. The van der Waals surface area contributed by atoms with Crippen molar-refractivity contribution in [3.63, 3.8) is 0 Å². The molecule has 1 aromatic heterocycles. The topological polar surface area (TPSA) is 47.4 Å². The molecular weight excluding hydrogens is 525 g/mol. The lowest BCUT2D eigenvalue weighted by Crippen LogP contribution is -2.39. The molecule has 2 aromatic rings. The molecule has 1 amide bonds. The minimum Gasteiger partial charge on any atom is -0.275 e. The van der Waals surface area contributed by atoms with E-state index in [9.17, 15) is 9.18 Å². The van der Waals surface area contributed by atoms with Crippen molar-refractivity contribution >= 4 is 53.7 Å². The second-order valence-corrected chi connectivity index (χ2v) is 8.14. The Balaban J connectivity index is 2.27. The van der Waals surface area contributed by atoms with Crippen LogP contribution in [0.4, 0.5) is 4.39 Å². The van der Waals surface area contributed by atoms with Crippen LogP contribution in [-0.4, -0.2) is 33.9 Å². The lowest BCUT2D eigenvalue weighted by molar-refractivity contribution is -0.119. The number of amides is 1. The summed E-state index contributed by atoms with van der Waals surface area (Å²) in [5.74, 6) is -0.417. The number of hydroxylamine groups is 2. The van der Waals surface area contributed by atoms with Crippen LogP contribution in [0.1, 0.15) is 28.5 Å². The third kappa shape index (κ3) is 4.69. The number of hydrogen-bond donors (Lipinski definition) is 0. The van der Waals surface area contributed by atoms with Crippen molar-refractivity contribution in [3.8, 4) is 0 Å². The first kappa shape index (κ1) is 20.5. The van der Waals surface area contributed by atoms with Crippen LogP contribution in [-0.2, 0) is 25.0 Å². The highest BCUT2D eigenvalue weighted by atomic mass is 79.9. The van der Waals surface area contributed by atoms with Gasteiger partial charge in [0.05, 0.1) is 18.7 Å². The summed E-state index contributed by atoms with van der Waals surface area (Å²) >= 11 is 10.5. The lowest BCUT2D eigenvalue weighted by atomic mass is 10.1. The van der Waals surface area contributed by atoms with Crippen LogP contribution in [0, 0.1) is 0 Å². The summed E-state index contributed by atoms with van der Waals surface area (Å²) in [4.78, 5) is 18.1. The van der Waals surface area contributed by atoms with Gasteiger partial charge in [-0.1, -0.05) is 47.8 Å². The molecule has 1 unspecified atom stereocenters. The minimum atomic E-state index is -0.808. The number of hydrogen-bond acceptors (Lipinski definition) is 3. The van der Waals surface area contributed by atoms with Gasteiger partial charge in [0.2, 0.25) is 0 Å². The van der Waals surface area contributed by atoms with E-state index >= 15 is 0 Å². The Morgan fingerprint density at radius 1 is 1.36 bits per heavy atom. The molecule has 0 spiro atoms. The Hall–Kier alpha value is -0.770. The number of halogens is 4. The van der Waals surface area contributed by atoms with Crippen LogP contribution in [0.3, 0.4) is 0 Å². The Bertz CT molecular complexity index is 759. The second-order valence-electron chi connectivity index (χ2n) is 5.51. The number of rotatable bonds is 6. The smallest absolute Gasteiger partial charge is 0.275 e. The van der Waals surface area contributed by atoms with Gasteiger partial charge in [-0.2, -0.15) is 5.10 Å². The highest BCUT2D eigenvalue weighted by Crippen LogP contribution is 2.31. The van der Waals surface area contributed by atoms with Gasteiger partial charge in [0.1, 0.15) is 12.4 Å². The number of benzene rings is 1. The largest absolute Gasteiger partial charge is 0.281 e. The molecular formula is C16H17Br3FN3O2. The maximum Gasteiger partial charge on any atom is 0.281 e. The Morgan fingerprint density at radius 2 is 1.96 bits per heavy atom. The molecule has 9 heteroatoms. The van der Waals surface area contributed by atoms with Crippen molar-refractivity contribution in [1.82, 2.24) is 14.8 Å². The molecule has 25 heavy (non-hydrogen) atoms. The summed E-state index contributed by atoms with van der Waals surface area (Å²) in [6.07, 6.45) is 2.04. The van der Waals surface area contributed by atoms with E-state index in [1.807, 2.05) is 19.1 Å². The summed E-state index contributed by atoms with van der Waals surface area (Å²) in [7, 11) is 3.07. The van der Waals surface area contributed by atoms with E-state index in [0.29, 0.717) is 6.42 Å². The fraction of sp³-hybridized carbons (Fsp3) is 0.375. The molecule has 2 rings (SSSR count). The predicted octanol–water partition coefficient (Wildman–Crippen LogP) is 4.81. The zero-order valence-electron chi connectivity index (χ0n) is 13.9. The van der Waals surface area contributed by atoms with Crippen LogP contribution in [0.15, 0.2) is 31.7 Å². The predicted molar refractivity (Wildman–Crippen MR) is 104 cm³/mol. The summed E-state index contributed by atoms with van der Waals surface area (Å²) in [6.45, 7) is 1.06. The first-order valence-corrected chi connectivity index (χ1v) is 9.76. The zero-order chi connectivity index (χ0) is 18.7. The average molecular weight is 542 g/mol. The molecule has 0 aliphatic carbocycles. The van der Waals surface area contributed by atoms with Gasteiger partial charge in [0.25, 0.3) is 5.91 Å². The molecule has 0 fully saturated rings. The van der Waals surface area contributed by atoms with E-state index in [1.165, 1.54) is 23.1 Å². The fourth-order valence-electron chi connectivity index (χ4n) is 2.54. The SMILES string of the molecule is CON(C(=O)c1cn(C)nc1CF)C(C)Cc1c(Br)cc(Br)cc1Br. The van der Waals surface area contributed by atoms with Gasteiger partial charge in [0.15, 0.2) is 0 Å². The van der Waals surface area contributed by atoms with Crippen molar-refractivity contribution < 1.29 is 14.0 Å². The van der Waals surface area contributed by atoms with E-state index in [2.05, 4.69) is 52.9 Å². The van der Waals surface area contributed by atoms with Crippen molar-refractivity contribution in [2.75, 3.05) is 7.11 Å². The van der Waals surface area contributed by atoms with Crippen molar-refractivity contribution in [1.29, 1.82) is 0 Å². The van der Waals surface area contributed by atoms with Crippen LogP contribution in [0.5, 0.6) is 0 Å². The van der Waals surface area contributed by atoms with Crippen LogP contribution < -0.4 is 0 Å². The molecule has 0 bridgehead atoms. The standard InChI is InChI=1S/C16H17Br3FN3O2/c1-9(4-11-13(18)5-10(17)6-14(11)19)23(25-3)16(24)12-8-22(2)21-15(12)7-20/h5-6,8-9H,4,7H2,1-3H3. The molecule has 0 N–H and O–H groups in total. The summed E-state index contributed by atoms with van der Waals surface area (Å²) in [6, 6.07) is 3.60. The third-order valence-corrected chi connectivity index (χ3v) is 5.54. The molecule has 0 aliphatic heterocycles. The lowest BCUT2D eigenvalue weighted by Gasteiger charge is -2.27. The molecule has 0 radical (unpaired) electrons. The number of carbonyl (C=O) groups excluding carboxylic acids is 1. The van der Waals surface area contributed by atoms with Crippen LogP contribution in [0.25, 0.3) is 0 Å². The van der Waals surface area contributed by atoms with Crippen LogP contribution >= 0.6 is 47.8 Å². The minimum absolute atomic E-state index is 0.104. The molecule has 1 heterocycles. The molecule has 1 aromatic carbocycles. The third-order valence-electron chi connectivity index (χ3n) is 3.66. The fourth-order valence-corrected chi connectivity index (χ4v) is 5.12. The van der Waals surface area contributed by atoms with E-state index in [-0.39, 0.29) is 17.3 Å². The van der Waals surface area contributed by atoms with Crippen LogP contribution in [0.2, 0.25) is 0 Å². The van der Waals surface area contributed by atoms with Crippen molar-refractivity contribution in [2.45, 2.75) is 26.1 Å². The van der Waals surface area contributed by atoms with Gasteiger partial charge in [-0.25, -0.2) is 9.45 Å². The molecule has 0 saturated carbocycles. The van der Waals surface area contributed by atoms with E-state index in [1.54, 1.807) is 7.05 Å². The van der Waals surface area contributed by atoms with Gasteiger partial charge >= 0.3 is 0 Å². The Labute approximate surface area is 170 Å². The van der Waals surface area contributed by atoms with Gasteiger partial charge in [-0.15, -0.1) is 0 Å². The summed E-state index contributed by atoms with van der Waals surface area (Å²) < 4.78 is 17.3. The van der Waals surface area contributed by atoms with E-state index < -0.39 is 12.6 Å². The monoisotopic (exact) mass is 539 g/mol. The molecule has 0 saturated heterocycles. The highest BCUT2D eigenvalue weighted by Gasteiger charge is 2.27. The quantitative estimate of drug-likeness (QED) is 0.493. The summed E-state index contributed by atoms with van der Waals surface area (Å²) in [5, 5.41) is 5.21. The van der Waals surface area contributed by atoms with E-state index in [4.69, 9.17) is 4.84 Å². The molecule has 0 aliphatic rings. The maximum atomic E-state index is 13.1. The first-order chi connectivity index (χ1) is 11.8. The highest BCUT2D eigenvalue weighted by molar-refractivity contribution is 9.11. The molecule has 5 nitrogen and oxygen atoms in total. The van der Waals surface area contributed by atoms with Gasteiger partial charge < -0.3 is 0 Å². The van der Waals surface area contributed by atoms with Gasteiger partial charge in [-0.05, 0) is 31.0 Å². The number of aromatic nitrogens is 2. The van der Waals surface area contributed by atoms with E-state index in [0.717, 1.165) is 19.0 Å². The summed E-state index contributed by atoms with van der Waals surface area (Å²) in [5.41, 5.74) is 1.31. The maximum absolute atomic E-state index is 13.1. The number of nitrogens with zero attached hydrogens (tertiary/aromatic N) is 3. The van der Waals surface area contributed by atoms with Gasteiger partial charge in [0, 0.05) is 26.7 Å². The second kappa shape index (κ2) is 8.75. The Morgan fingerprint density at radius 3 is 2.48 bits per heavy atom. The number of aryl methyl sites for hydroxylation is 1. The van der Waals surface area contributed by atoms with Crippen molar-refractivity contribution in [3.05, 3.63) is 48.6 Å². The normalized spacial score (nSPS) is 12.3. The molecule has 136 valence electrons. The van der Waals surface area contributed by atoms with Gasteiger partial charge in [-0.3, -0.25) is 14.3 Å². The first-order valence-electron chi connectivity index (χ1n) is 7.38. The Kier molecular flexibility index (Phi) is 7.19. The number of alkyl halides is 1. The number of carbonyl (C=O) groups is 1. The molecule has 1 atom stereocenters. The average Bonchev–Trinajstić information content (AvgIpc) is 2.92.